The quantitative estimate of drug-likeness (QED) is 0.409. The van der Waals surface area contributed by atoms with E-state index in [0.717, 1.165) is 11.1 Å². The van der Waals surface area contributed by atoms with Crippen molar-refractivity contribution < 1.29 is 19.2 Å². The van der Waals surface area contributed by atoms with E-state index < -0.39 is 41.8 Å². The molecule has 210 valence electrons. The Morgan fingerprint density at radius 1 is 0.756 bits per heavy atom. The normalized spacial score (nSPS) is 22.7. The van der Waals surface area contributed by atoms with Crippen molar-refractivity contribution in [1.82, 2.24) is 20.9 Å². The van der Waals surface area contributed by atoms with Gasteiger partial charge in [0.1, 0.15) is 23.8 Å². The van der Waals surface area contributed by atoms with Crippen molar-refractivity contribution in [2.45, 2.75) is 43.8 Å². The summed E-state index contributed by atoms with van der Waals surface area (Å²) < 4.78 is 0. The van der Waals surface area contributed by atoms with Gasteiger partial charge in [-0.2, -0.15) is 0 Å². The molecule has 9 heteroatoms. The van der Waals surface area contributed by atoms with Crippen LogP contribution < -0.4 is 16.0 Å². The molecule has 0 unspecified atom stereocenters. The largest absolute Gasteiger partial charge is 0.342 e. The second-order valence-electron chi connectivity index (χ2n) is 10.3. The molecular formula is C32H31ClN4O4. The van der Waals surface area contributed by atoms with Crippen LogP contribution in [0.4, 0.5) is 0 Å². The molecule has 5 rings (SSSR count). The standard InChI is InChI=1S/C32H31ClN4O4/c33-24-14-7-13-23(17-24)20-26-30(39)36-27(19-22-11-5-2-6-12-22)32(41)37-16-8-15-28(37)31(40)35-25(29(38)34-26)18-21-9-3-1-4-10-21/h1-7,9-14,17,19,25-26,28H,8,15-16,18,20H2,(H,34,38)(H,35,40)(H,36,39)/b27-19-/t25-,26+,28+/m0/s1. The molecule has 2 heterocycles. The summed E-state index contributed by atoms with van der Waals surface area (Å²) in [6.07, 6.45) is 3.04. The number of hydrogen-bond donors (Lipinski definition) is 3. The SMILES string of the molecule is O=C1N[C@H](Cc2cccc(Cl)c2)C(=O)N/C(=C\c2ccccc2)C(=O)N2CCC[C@@H]2C(=O)N[C@H]1Cc1ccccc1. The Labute approximate surface area is 243 Å². The molecule has 3 aromatic carbocycles. The Bertz CT molecular complexity index is 1460. The first-order chi connectivity index (χ1) is 19.9. The van der Waals surface area contributed by atoms with Gasteiger partial charge in [-0.1, -0.05) is 84.4 Å². The molecule has 3 N–H and O–H groups in total. The fourth-order valence-electron chi connectivity index (χ4n) is 5.23. The number of carbonyl (C=O) groups excluding carboxylic acids is 4. The number of nitrogens with zero attached hydrogens (tertiary/aromatic N) is 1. The van der Waals surface area contributed by atoms with E-state index in [0.29, 0.717) is 30.0 Å². The van der Waals surface area contributed by atoms with Gasteiger partial charge < -0.3 is 20.9 Å². The topological polar surface area (TPSA) is 108 Å². The van der Waals surface area contributed by atoms with Crippen LogP contribution >= 0.6 is 11.6 Å². The number of benzene rings is 3. The van der Waals surface area contributed by atoms with Crippen molar-refractivity contribution >= 4 is 41.3 Å². The number of carbonyl (C=O) groups is 4. The van der Waals surface area contributed by atoms with Crippen LogP contribution in [0.1, 0.15) is 29.5 Å². The second-order valence-corrected chi connectivity index (χ2v) is 10.7. The molecule has 8 nitrogen and oxygen atoms in total. The minimum absolute atomic E-state index is 0.0349. The monoisotopic (exact) mass is 570 g/mol. The summed E-state index contributed by atoms with van der Waals surface area (Å²) in [5, 5.41) is 9.00. The average Bonchev–Trinajstić information content (AvgIpc) is 3.47. The van der Waals surface area contributed by atoms with E-state index >= 15 is 0 Å². The molecule has 41 heavy (non-hydrogen) atoms. The van der Waals surface area contributed by atoms with Gasteiger partial charge in [-0.15, -0.1) is 0 Å². The van der Waals surface area contributed by atoms with Crippen molar-refractivity contribution in [3.63, 3.8) is 0 Å². The van der Waals surface area contributed by atoms with E-state index in [1.54, 1.807) is 24.3 Å². The van der Waals surface area contributed by atoms with Gasteiger partial charge >= 0.3 is 0 Å². The van der Waals surface area contributed by atoms with E-state index in [9.17, 15) is 19.2 Å². The molecule has 4 amide bonds. The van der Waals surface area contributed by atoms with Crippen LogP contribution in [-0.4, -0.2) is 53.2 Å². The molecule has 2 aliphatic rings. The Balaban J connectivity index is 1.53. The molecule has 0 saturated carbocycles. The lowest BCUT2D eigenvalue weighted by Gasteiger charge is -2.30. The lowest BCUT2D eigenvalue weighted by Crippen LogP contribution is -2.59. The molecule has 0 radical (unpaired) electrons. The third-order valence-corrected chi connectivity index (χ3v) is 7.53. The Morgan fingerprint density at radius 2 is 1.39 bits per heavy atom. The molecule has 2 fully saturated rings. The number of amides is 4. The minimum atomic E-state index is -1.04. The van der Waals surface area contributed by atoms with E-state index in [1.165, 1.54) is 4.90 Å². The van der Waals surface area contributed by atoms with Crippen LogP contribution in [0.5, 0.6) is 0 Å². The highest BCUT2D eigenvalue weighted by molar-refractivity contribution is 6.30. The van der Waals surface area contributed by atoms with Gasteiger partial charge in [-0.05, 0) is 47.7 Å². The summed E-state index contributed by atoms with van der Waals surface area (Å²) in [6.45, 7) is 0.362. The van der Waals surface area contributed by atoms with E-state index in [-0.39, 0.29) is 18.5 Å². The number of hydrogen-bond acceptors (Lipinski definition) is 4. The van der Waals surface area contributed by atoms with Crippen LogP contribution in [0.25, 0.3) is 6.08 Å². The van der Waals surface area contributed by atoms with E-state index in [2.05, 4.69) is 16.0 Å². The van der Waals surface area contributed by atoms with Gasteiger partial charge in [0, 0.05) is 24.4 Å². The van der Waals surface area contributed by atoms with Crippen LogP contribution in [0.2, 0.25) is 5.02 Å². The van der Waals surface area contributed by atoms with Crippen molar-refractivity contribution in [1.29, 1.82) is 0 Å². The van der Waals surface area contributed by atoms with Gasteiger partial charge in [-0.25, -0.2) is 0 Å². The maximum Gasteiger partial charge on any atom is 0.271 e. The molecular weight excluding hydrogens is 540 g/mol. The van der Waals surface area contributed by atoms with Gasteiger partial charge in [0.05, 0.1) is 0 Å². The lowest BCUT2D eigenvalue weighted by atomic mass is 10.0. The Hall–Kier alpha value is -4.43. The third-order valence-electron chi connectivity index (χ3n) is 7.29. The van der Waals surface area contributed by atoms with Crippen LogP contribution in [-0.2, 0) is 32.0 Å². The highest BCUT2D eigenvalue weighted by atomic mass is 35.5. The van der Waals surface area contributed by atoms with Crippen LogP contribution in [0.15, 0.2) is 90.6 Å². The molecule has 0 spiro atoms. The summed E-state index contributed by atoms with van der Waals surface area (Å²) >= 11 is 6.19. The Kier molecular flexibility index (Phi) is 8.79. The van der Waals surface area contributed by atoms with Gasteiger partial charge in [0.25, 0.3) is 5.91 Å². The first kappa shape index (κ1) is 28.1. The number of fused-ring (bicyclic) bond motifs is 1. The maximum absolute atomic E-state index is 13.8. The summed E-state index contributed by atoms with van der Waals surface area (Å²) in [5.41, 5.74) is 2.32. The fourth-order valence-corrected chi connectivity index (χ4v) is 5.45. The predicted molar refractivity (Wildman–Crippen MR) is 156 cm³/mol. The predicted octanol–water partition coefficient (Wildman–Crippen LogP) is 3.26. The fraction of sp³-hybridized carbons (Fsp3) is 0.250. The lowest BCUT2D eigenvalue weighted by molar-refractivity contribution is -0.139. The van der Waals surface area contributed by atoms with Gasteiger partial charge in [0.15, 0.2) is 0 Å². The Morgan fingerprint density at radius 3 is 2.12 bits per heavy atom. The zero-order chi connectivity index (χ0) is 28.8. The molecule has 3 aromatic rings. The van der Waals surface area contributed by atoms with Crippen molar-refractivity contribution in [3.05, 3.63) is 112 Å². The van der Waals surface area contributed by atoms with Crippen LogP contribution in [0.3, 0.4) is 0 Å². The molecule has 0 aliphatic carbocycles. The molecule has 3 atom stereocenters. The van der Waals surface area contributed by atoms with Crippen LogP contribution in [0, 0.1) is 0 Å². The highest BCUT2D eigenvalue weighted by Crippen LogP contribution is 2.22. The first-order valence-corrected chi connectivity index (χ1v) is 14.0. The first-order valence-electron chi connectivity index (χ1n) is 13.6. The summed E-state index contributed by atoms with van der Waals surface area (Å²) in [4.78, 5) is 56.3. The maximum atomic E-state index is 13.8. The zero-order valence-electron chi connectivity index (χ0n) is 22.4. The van der Waals surface area contributed by atoms with Gasteiger partial charge in [0.2, 0.25) is 17.7 Å². The van der Waals surface area contributed by atoms with E-state index in [4.69, 9.17) is 11.6 Å². The number of rotatable bonds is 5. The number of halogens is 1. The minimum Gasteiger partial charge on any atom is -0.342 e. The second kappa shape index (κ2) is 12.8. The van der Waals surface area contributed by atoms with Crippen molar-refractivity contribution in [3.8, 4) is 0 Å². The van der Waals surface area contributed by atoms with Gasteiger partial charge in [-0.3, -0.25) is 19.2 Å². The summed E-state index contributed by atoms with van der Waals surface area (Å²) in [5.74, 6) is -1.89. The molecule has 0 bridgehead atoms. The third kappa shape index (κ3) is 7.02. The van der Waals surface area contributed by atoms with Crippen molar-refractivity contribution in [2.24, 2.45) is 0 Å². The summed E-state index contributed by atoms with van der Waals surface area (Å²) in [7, 11) is 0. The molecule has 2 saturated heterocycles. The smallest absolute Gasteiger partial charge is 0.271 e. The zero-order valence-corrected chi connectivity index (χ0v) is 23.1. The van der Waals surface area contributed by atoms with Crippen molar-refractivity contribution in [2.75, 3.05) is 6.54 Å². The number of nitrogens with one attached hydrogen (secondary N) is 3. The summed E-state index contributed by atoms with van der Waals surface area (Å²) in [6, 6.07) is 22.8. The average molecular weight is 571 g/mol. The molecule has 0 aromatic heterocycles. The molecule has 2 aliphatic heterocycles. The van der Waals surface area contributed by atoms with E-state index in [1.807, 2.05) is 66.7 Å². The highest BCUT2D eigenvalue weighted by Gasteiger charge is 2.39.